The zero-order chi connectivity index (χ0) is 19.7. The summed E-state index contributed by atoms with van der Waals surface area (Å²) in [7, 11) is 1.52. The second-order valence-corrected chi connectivity index (χ2v) is 8.14. The number of amides is 1. The number of halogens is 1. The van der Waals surface area contributed by atoms with Crippen LogP contribution in [0, 0.1) is 5.82 Å². The Morgan fingerprint density at radius 2 is 2.11 bits per heavy atom. The van der Waals surface area contributed by atoms with E-state index < -0.39 is 5.60 Å². The third-order valence-corrected chi connectivity index (χ3v) is 5.31. The molecule has 7 heteroatoms. The highest BCUT2D eigenvalue weighted by Gasteiger charge is 2.44. The number of piperidine rings is 1. The van der Waals surface area contributed by atoms with Gasteiger partial charge in [0.1, 0.15) is 11.6 Å². The number of carbonyl (C=O) groups excluding carboxylic acids is 1. The minimum absolute atomic E-state index is 0.124. The van der Waals surface area contributed by atoms with Crippen molar-refractivity contribution in [1.29, 1.82) is 0 Å². The maximum Gasteiger partial charge on any atom is 0.256 e. The van der Waals surface area contributed by atoms with Crippen molar-refractivity contribution in [2.45, 2.75) is 44.4 Å². The minimum Gasteiger partial charge on any atom is -0.497 e. The molecule has 0 unspecified atom stereocenters. The van der Waals surface area contributed by atoms with Gasteiger partial charge in [-0.2, -0.15) is 0 Å². The number of morpholine rings is 1. The Morgan fingerprint density at radius 3 is 2.81 bits per heavy atom. The van der Waals surface area contributed by atoms with E-state index in [-0.39, 0.29) is 30.4 Å². The van der Waals surface area contributed by atoms with Crippen molar-refractivity contribution in [2.24, 2.45) is 0 Å². The lowest BCUT2D eigenvalue weighted by Gasteiger charge is -2.44. The number of ether oxygens (including phenoxy) is 2. The molecule has 1 atom stereocenters. The Morgan fingerprint density at radius 1 is 1.33 bits per heavy atom. The normalized spacial score (nSPS) is 26.3. The topological polar surface area (TPSA) is 62.2 Å². The molecule has 1 amide bonds. The van der Waals surface area contributed by atoms with E-state index in [1.54, 1.807) is 17.0 Å². The van der Waals surface area contributed by atoms with E-state index in [1.807, 2.05) is 13.8 Å². The molecule has 1 aromatic carbocycles. The monoisotopic (exact) mass is 380 g/mol. The molecular formula is C20H29FN2O4. The molecule has 2 aliphatic heterocycles. The maximum atomic E-state index is 14.2. The van der Waals surface area contributed by atoms with Crippen LogP contribution in [0.1, 0.15) is 32.3 Å². The van der Waals surface area contributed by atoms with Crippen LogP contribution in [0.15, 0.2) is 18.2 Å². The number of benzene rings is 1. The highest BCUT2D eigenvalue weighted by molar-refractivity contribution is 5.86. The van der Waals surface area contributed by atoms with E-state index in [0.717, 1.165) is 0 Å². The molecule has 0 aliphatic carbocycles. The lowest BCUT2D eigenvalue weighted by Crippen LogP contribution is -2.61. The van der Waals surface area contributed by atoms with Crippen LogP contribution in [-0.4, -0.2) is 71.9 Å². The van der Waals surface area contributed by atoms with E-state index in [9.17, 15) is 14.3 Å². The number of likely N-dealkylation sites (tertiary alicyclic amines) is 1. The number of methoxy groups -OCH3 is 1. The first-order chi connectivity index (χ1) is 12.7. The van der Waals surface area contributed by atoms with Gasteiger partial charge in [0.05, 0.1) is 19.3 Å². The molecule has 1 N–H and O–H groups in total. The maximum absolute atomic E-state index is 14.2. The van der Waals surface area contributed by atoms with E-state index >= 15 is 0 Å². The molecular weight excluding hydrogens is 351 g/mol. The summed E-state index contributed by atoms with van der Waals surface area (Å²) in [6, 6.07) is 4.48. The van der Waals surface area contributed by atoms with Crippen molar-refractivity contribution < 1.29 is 23.8 Å². The summed E-state index contributed by atoms with van der Waals surface area (Å²) in [5.74, 6) is -0.172. The predicted molar refractivity (Wildman–Crippen MR) is 99.0 cm³/mol. The van der Waals surface area contributed by atoms with E-state index in [2.05, 4.69) is 4.90 Å². The van der Waals surface area contributed by atoms with Gasteiger partial charge in [-0.05, 0) is 44.9 Å². The lowest BCUT2D eigenvalue weighted by molar-refractivity contribution is -0.165. The molecule has 0 bridgehead atoms. The van der Waals surface area contributed by atoms with Gasteiger partial charge in [0, 0.05) is 38.3 Å². The third-order valence-electron chi connectivity index (χ3n) is 5.31. The van der Waals surface area contributed by atoms with Crippen molar-refractivity contribution in [3.63, 3.8) is 0 Å². The summed E-state index contributed by atoms with van der Waals surface area (Å²) >= 11 is 0. The SMILES string of the molecule is COc1ccc(F)c(CN2CCC[C@@](O)(CN3CCOC(C)(C)C3)C2=O)c1. The van der Waals surface area contributed by atoms with Crippen LogP contribution in [0.25, 0.3) is 0 Å². The molecule has 0 saturated carbocycles. The quantitative estimate of drug-likeness (QED) is 0.844. The highest BCUT2D eigenvalue weighted by Crippen LogP contribution is 2.28. The molecule has 27 heavy (non-hydrogen) atoms. The van der Waals surface area contributed by atoms with Gasteiger partial charge < -0.3 is 19.5 Å². The lowest BCUT2D eigenvalue weighted by atomic mass is 9.90. The van der Waals surface area contributed by atoms with Crippen molar-refractivity contribution in [3.05, 3.63) is 29.6 Å². The number of β-amino-alcohol motifs (C(OH)–C–C–N with tert-alkyl or cyclic N) is 1. The summed E-state index contributed by atoms with van der Waals surface area (Å²) in [6.45, 7) is 6.83. The highest BCUT2D eigenvalue weighted by atomic mass is 19.1. The summed E-state index contributed by atoms with van der Waals surface area (Å²) < 4.78 is 25.0. The fraction of sp³-hybridized carbons (Fsp3) is 0.650. The molecule has 2 saturated heterocycles. The average molecular weight is 380 g/mol. The Hall–Kier alpha value is -1.70. The van der Waals surface area contributed by atoms with Crippen LogP contribution in [0.3, 0.4) is 0 Å². The molecule has 150 valence electrons. The second-order valence-electron chi connectivity index (χ2n) is 8.14. The summed E-state index contributed by atoms with van der Waals surface area (Å²) in [4.78, 5) is 16.6. The van der Waals surface area contributed by atoms with Gasteiger partial charge >= 0.3 is 0 Å². The van der Waals surface area contributed by atoms with Gasteiger partial charge in [0.25, 0.3) is 5.91 Å². The molecule has 0 radical (unpaired) electrons. The molecule has 6 nitrogen and oxygen atoms in total. The zero-order valence-electron chi connectivity index (χ0n) is 16.3. The first-order valence-corrected chi connectivity index (χ1v) is 9.43. The standard InChI is InChI=1S/C20H29FN2O4/c1-19(2)13-22(9-10-27-19)14-20(25)7-4-8-23(18(20)24)12-15-11-16(26-3)5-6-17(15)21/h5-6,11,25H,4,7-10,12-14H2,1-3H3/t20-/m1/s1. The first kappa shape index (κ1) is 20.0. The molecule has 1 aromatic rings. The van der Waals surface area contributed by atoms with Crippen LogP contribution in [0.4, 0.5) is 4.39 Å². The van der Waals surface area contributed by atoms with Crippen molar-refractivity contribution in [1.82, 2.24) is 9.80 Å². The Balaban J connectivity index is 1.71. The third kappa shape index (κ3) is 4.59. The fourth-order valence-corrected chi connectivity index (χ4v) is 3.99. The largest absolute Gasteiger partial charge is 0.497 e. The van der Waals surface area contributed by atoms with E-state index in [4.69, 9.17) is 9.47 Å². The average Bonchev–Trinajstić information content (AvgIpc) is 2.60. The van der Waals surface area contributed by atoms with Crippen LogP contribution < -0.4 is 4.74 Å². The van der Waals surface area contributed by atoms with Crippen LogP contribution in [0.2, 0.25) is 0 Å². The Bertz CT molecular complexity index is 697. The van der Waals surface area contributed by atoms with Gasteiger partial charge in [0.2, 0.25) is 0 Å². The summed E-state index contributed by atoms with van der Waals surface area (Å²) in [6.07, 6.45) is 1.10. The zero-order valence-corrected chi connectivity index (χ0v) is 16.3. The van der Waals surface area contributed by atoms with Gasteiger partial charge in [-0.3, -0.25) is 9.69 Å². The van der Waals surface area contributed by atoms with Crippen molar-refractivity contribution >= 4 is 5.91 Å². The second kappa shape index (κ2) is 7.73. The Kier molecular flexibility index (Phi) is 5.74. The molecule has 2 heterocycles. The number of aliphatic hydroxyl groups is 1. The van der Waals surface area contributed by atoms with Crippen LogP contribution in [-0.2, 0) is 16.1 Å². The van der Waals surface area contributed by atoms with Crippen LogP contribution in [0.5, 0.6) is 5.75 Å². The number of carbonyl (C=O) groups is 1. The van der Waals surface area contributed by atoms with Gasteiger partial charge in [0.15, 0.2) is 5.60 Å². The van der Waals surface area contributed by atoms with Gasteiger partial charge in [-0.15, -0.1) is 0 Å². The van der Waals surface area contributed by atoms with E-state index in [0.29, 0.717) is 50.4 Å². The number of rotatable bonds is 5. The predicted octanol–water partition coefficient (Wildman–Crippen LogP) is 1.80. The van der Waals surface area contributed by atoms with Gasteiger partial charge in [-0.1, -0.05) is 0 Å². The number of hydrogen-bond acceptors (Lipinski definition) is 5. The Labute approximate surface area is 159 Å². The summed E-state index contributed by atoms with van der Waals surface area (Å²) in [5, 5.41) is 11.1. The summed E-state index contributed by atoms with van der Waals surface area (Å²) in [5.41, 5.74) is -1.35. The number of hydrogen-bond donors (Lipinski definition) is 1. The van der Waals surface area contributed by atoms with E-state index in [1.165, 1.54) is 13.2 Å². The smallest absolute Gasteiger partial charge is 0.256 e. The van der Waals surface area contributed by atoms with Crippen molar-refractivity contribution in [3.8, 4) is 5.75 Å². The van der Waals surface area contributed by atoms with Gasteiger partial charge in [-0.25, -0.2) is 4.39 Å². The van der Waals surface area contributed by atoms with Crippen molar-refractivity contribution in [2.75, 3.05) is 39.9 Å². The molecule has 0 aromatic heterocycles. The molecule has 2 aliphatic rings. The fourth-order valence-electron chi connectivity index (χ4n) is 3.99. The minimum atomic E-state index is -1.44. The van der Waals surface area contributed by atoms with Crippen LogP contribution >= 0.6 is 0 Å². The molecule has 3 rings (SSSR count). The number of nitrogens with zero attached hydrogens (tertiary/aromatic N) is 2. The molecule has 2 fully saturated rings. The first-order valence-electron chi connectivity index (χ1n) is 9.43. The molecule has 0 spiro atoms.